The summed E-state index contributed by atoms with van der Waals surface area (Å²) >= 11 is 0. The maximum Gasteiger partial charge on any atom is 0.439 e. The average Bonchev–Trinajstić information content (AvgIpc) is 3.72. The lowest BCUT2D eigenvalue weighted by atomic mass is 9.88. The van der Waals surface area contributed by atoms with Crippen LogP contribution in [0.25, 0.3) is 22.5 Å². The van der Waals surface area contributed by atoms with E-state index in [1.807, 2.05) is 56.5 Å². The standard InChI is InChI=1S/C35H41N5O5/c1-4-7-30-29(20-23-10-12-24(13-11-23)27-8-5-6-9-28(27)33-37-35(43)45-38-33)34(42)39(32-18-19-36-40(30)32)25-14-16-26(17-15-25)44-21-31(41)22(2)3/h5-6,8-13,19,22,25-26,32H,4,7,14-18,20-21H2,1-3H3,(H,37,38,43). The molecule has 0 radical (unpaired) electrons. The van der Waals surface area contributed by atoms with Gasteiger partial charge in [0.1, 0.15) is 12.8 Å². The topological polar surface area (TPSA) is 121 Å². The molecule has 1 aromatic heterocycles. The summed E-state index contributed by atoms with van der Waals surface area (Å²) < 4.78 is 10.7. The number of ether oxygens (including phenoxy) is 1. The average molecular weight is 612 g/mol. The Balaban J connectivity index is 1.21. The molecule has 3 heterocycles. The monoisotopic (exact) mass is 611 g/mol. The maximum absolute atomic E-state index is 14.4. The molecule has 3 aromatic rings. The van der Waals surface area contributed by atoms with Gasteiger partial charge in [0.2, 0.25) is 0 Å². The molecule has 6 rings (SSSR count). The van der Waals surface area contributed by atoms with E-state index >= 15 is 0 Å². The van der Waals surface area contributed by atoms with Crippen LogP contribution in [0.4, 0.5) is 0 Å². The molecule has 0 bridgehead atoms. The normalized spacial score (nSPS) is 21.6. The number of Topliss-reactive ketones (excluding diaryl/α,β-unsaturated/α-hetero) is 1. The van der Waals surface area contributed by atoms with Crippen molar-refractivity contribution < 1.29 is 18.8 Å². The van der Waals surface area contributed by atoms with Gasteiger partial charge in [-0.2, -0.15) is 5.10 Å². The van der Waals surface area contributed by atoms with Gasteiger partial charge in [-0.15, -0.1) is 0 Å². The summed E-state index contributed by atoms with van der Waals surface area (Å²) in [4.78, 5) is 42.8. The summed E-state index contributed by atoms with van der Waals surface area (Å²) in [6, 6.07) is 16.0. The van der Waals surface area contributed by atoms with Gasteiger partial charge in [0, 0.05) is 47.8 Å². The predicted molar refractivity (Wildman–Crippen MR) is 171 cm³/mol. The molecule has 1 amide bonds. The lowest BCUT2D eigenvalue weighted by Gasteiger charge is -2.47. The van der Waals surface area contributed by atoms with Crippen LogP contribution < -0.4 is 5.76 Å². The lowest BCUT2D eigenvalue weighted by molar-refractivity contribution is -0.141. The van der Waals surface area contributed by atoms with E-state index in [9.17, 15) is 14.4 Å². The van der Waals surface area contributed by atoms with Crippen LogP contribution in [-0.2, 0) is 20.7 Å². The molecule has 1 N–H and O–H groups in total. The maximum atomic E-state index is 14.4. The molecular weight excluding hydrogens is 570 g/mol. The molecule has 1 aliphatic carbocycles. The van der Waals surface area contributed by atoms with Crippen molar-refractivity contribution in [3.05, 3.63) is 75.9 Å². The van der Waals surface area contributed by atoms with Crippen LogP contribution in [0.15, 0.2) is 74.2 Å². The Morgan fingerprint density at radius 1 is 1.04 bits per heavy atom. The summed E-state index contributed by atoms with van der Waals surface area (Å²) in [6.45, 7) is 6.10. The number of rotatable bonds is 11. The molecule has 1 saturated carbocycles. The number of fused-ring (bicyclic) bond motifs is 1. The predicted octanol–water partition coefficient (Wildman–Crippen LogP) is 5.71. The van der Waals surface area contributed by atoms with Crippen LogP contribution >= 0.6 is 0 Å². The zero-order valence-corrected chi connectivity index (χ0v) is 26.2. The first-order chi connectivity index (χ1) is 21.8. The number of benzene rings is 2. The Kier molecular flexibility index (Phi) is 9.11. The third-order valence-corrected chi connectivity index (χ3v) is 9.14. The zero-order chi connectivity index (χ0) is 31.5. The smallest absolute Gasteiger partial charge is 0.370 e. The molecule has 1 unspecified atom stereocenters. The molecule has 1 fully saturated rings. The van der Waals surface area contributed by atoms with E-state index in [2.05, 4.69) is 39.1 Å². The number of allylic oxidation sites excluding steroid dienone is 1. The number of carbonyl (C=O) groups excluding carboxylic acids is 2. The fraction of sp³-hybridized carbons (Fsp3) is 0.457. The van der Waals surface area contributed by atoms with Crippen LogP contribution in [0, 0.1) is 5.92 Å². The van der Waals surface area contributed by atoms with Gasteiger partial charge in [-0.25, -0.2) is 9.80 Å². The summed E-state index contributed by atoms with van der Waals surface area (Å²) in [6.07, 6.45) is 8.19. The van der Waals surface area contributed by atoms with E-state index in [4.69, 9.17) is 14.4 Å². The first-order valence-corrected chi connectivity index (χ1v) is 16.1. The second-order valence-electron chi connectivity index (χ2n) is 12.5. The Hall–Kier alpha value is -4.31. The molecule has 236 valence electrons. The number of hydrogen-bond donors (Lipinski definition) is 1. The molecule has 0 spiro atoms. The number of aromatic nitrogens is 2. The fourth-order valence-electron chi connectivity index (χ4n) is 6.68. The minimum Gasteiger partial charge on any atom is -0.370 e. The summed E-state index contributed by atoms with van der Waals surface area (Å²) in [5.41, 5.74) is 5.52. The molecule has 2 aromatic carbocycles. The summed E-state index contributed by atoms with van der Waals surface area (Å²) in [5, 5.41) is 10.7. The quantitative estimate of drug-likeness (QED) is 0.295. The van der Waals surface area contributed by atoms with Crippen LogP contribution in [0.3, 0.4) is 0 Å². The number of nitrogens with zero attached hydrogens (tertiary/aromatic N) is 4. The van der Waals surface area contributed by atoms with Gasteiger partial charge in [0.25, 0.3) is 5.91 Å². The highest BCUT2D eigenvalue weighted by molar-refractivity contribution is 5.96. The first kappa shape index (κ1) is 30.7. The van der Waals surface area contributed by atoms with E-state index in [1.165, 1.54) is 0 Å². The highest BCUT2D eigenvalue weighted by Gasteiger charge is 2.44. The third kappa shape index (κ3) is 6.42. The van der Waals surface area contributed by atoms with E-state index < -0.39 is 5.76 Å². The number of carbonyl (C=O) groups is 2. The minimum absolute atomic E-state index is 0.0265. The van der Waals surface area contributed by atoms with E-state index in [1.54, 1.807) is 0 Å². The number of amides is 1. The largest absolute Gasteiger partial charge is 0.439 e. The summed E-state index contributed by atoms with van der Waals surface area (Å²) in [5.74, 6) is -0.00636. The molecular formula is C35H41N5O5. The zero-order valence-electron chi connectivity index (χ0n) is 26.2. The number of ketones is 1. The van der Waals surface area contributed by atoms with Crippen molar-refractivity contribution >= 4 is 17.9 Å². The van der Waals surface area contributed by atoms with Gasteiger partial charge in [-0.1, -0.05) is 80.9 Å². The van der Waals surface area contributed by atoms with E-state index in [0.29, 0.717) is 12.2 Å². The van der Waals surface area contributed by atoms with Crippen LogP contribution in [0.5, 0.6) is 0 Å². The third-order valence-electron chi connectivity index (χ3n) is 9.14. The van der Waals surface area contributed by atoms with Gasteiger partial charge < -0.3 is 9.64 Å². The lowest BCUT2D eigenvalue weighted by Crippen LogP contribution is -2.57. The van der Waals surface area contributed by atoms with E-state index in [-0.39, 0.29) is 42.5 Å². The van der Waals surface area contributed by atoms with Crippen molar-refractivity contribution in [3.8, 4) is 22.5 Å². The Bertz CT molecular complexity index is 1640. The molecule has 1 atom stereocenters. The molecule has 10 nitrogen and oxygen atoms in total. The molecule has 10 heteroatoms. The van der Waals surface area contributed by atoms with Crippen molar-refractivity contribution in [1.82, 2.24) is 20.0 Å². The minimum atomic E-state index is -0.596. The fourth-order valence-corrected chi connectivity index (χ4v) is 6.68. The molecule has 2 aliphatic heterocycles. The highest BCUT2D eigenvalue weighted by atomic mass is 16.5. The van der Waals surface area contributed by atoms with Gasteiger partial charge in [0.15, 0.2) is 11.6 Å². The van der Waals surface area contributed by atoms with Crippen molar-refractivity contribution in [3.63, 3.8) is 0 Å². The van der Waals surface area contributed by atoms with Crippen LogP contribution in [0.2, 0.25) is 0 Å². The SMILES string of the molecule is CCCC1=C(Cc2ccc(-c3ccccc3-c3noc(=O)[nH]3)cc2)C(=O)N(C2CCC(OCC(=O)C(C)C)CC2)C2CC=NN12. The van der Waals surface area contributed by atoms with Gasteiger partial charge >= 0.3 is 5.76 Å². The highest BCUT2D eigenvalue weighted by Crippen LogP contribution is 2.39. The van der Waals surface area contributed by atoms with Crippen molar-refractivity contribution in [2.45, 2.75) is 90.4 Å². The van der Waals surface area contributed by atoms with Crippen molar-refractivity contribution in [1.29, 1.82) is 0 Å². The van der Waals surface area contributed by atoms with E-state index in [0.717, 1.165) is 78.5 Å². The molecule has 45 heavy (non-hydrogen) atoms. The summed E-state index contributed by atoms with van der Waals surface area (Å²) in [7, 11) is 0. The van der Waals surface area contributed by atoms with Crippen molar-refractivity contribution in [2.75, 3.05) is 6.61 Å². The Morgan fingerprint density at radius 2 is 1.78 bits per heavy atom. The molecule has 3 aliphatic rings. The molecule has 0 saturated heterocycles. The number of nitrogens with one attached hydrogen (secondary N) is 1. The van der Waals surface area contributed by atoms with Crippen LogP contribution in [-0.4, -0.2) is 62.9 Å². The number of hydrogen-bond acceptors (Lipinski definition) is 8. The van der Waals surface area contributed by atoms with Crippen molar-refractivity contribution in [2.24, 2.45) is 11.0 Å². The van der Waals surface area contributed by atoms with Gasteiger partial charge in [-0.3, -0.25) is 19.1 Å². The first-order valence-electron chi connectivity index (χ1n) is 16.1. The van der Waals surface area contributed by atoms with Crippen LogP contribution in [0.1, 0.15) is 71.3 Å². The Labute approximate surface area is 263 Å². The number of aromatic amines is 1. The second-order valence-corrected chi connectivity index (χ2v) is 12.5. The van der Waals surface area contributed by atoms with Gasteiger partial charge in [0.05, 0.1) is 6.10 Å². The van der Waals surface area contributed by atoms with Gasteiger partial charge in [-0.05, 0) is 48.8 Å². The number of hydrazone groups is 1. The second kappa shape index (κ2) is 13.4. The Morgan fingerprint density at radius 3 is 2.44 bits per heavy atom. The number of H-pyrrole nitrogens is 1.